The molecule has 0 aliphatic rings. The number of nitrogens with two attached hydrogens (primary N) is 1. The van der Waals surface area contributed by atoms with Gasteiger partial charge in [-0.15, -0.1) is 0 Å². The van der Waals surface area contributed by atoms with Gasteiger partial charge in [0.25, 0.3) is 0 Å². The van der Waals surface area contributed by atoms with Crippen LogP contribution in [0.3, 0.4) is 0 Å². The maximum atomic E-state index is 6.35. The van der Waals surface area contributed by atoms with Gasteiger partial charge in [0.1, 0.15) is 0 Å². The summed E-state index contributed by atoms with van der Waals surface area (Å²) >= 11 is 0. The molecule has 0 heterocycles. The van der Waals surface area contributed by atoms with Crippen LogP contribution in [0.15, 0.2) is 127 Å². The lowest BCUT2D eigenvalue weighted by molar-refractivity contribution is 1.63. The number of rotatable bonds is 2. The third-order valence-corrected chi connectivity index (χ3v) is 7.23. The Balaban J connectivity index is 1.53. The lowest BCUT2D eigenvalue weighted by Gasteiger charge is -2.15. The predicted octanol–water partition coefficient (Wildman–Crippen LogP) is 9.22. The summed E-state index contributed by atoms with van der Waals surface area (Å²) in [7, 11) is 0. The normalized spacial score (nSPS) is 11.5. The van der Waals surface area contributed by atoms with E-state index in [-0.39, 0.29) is 0 Å². The summed E-state index contributed by atoms with van der Waals surface area (Å²) in [6.07, 6.45) is 0. The first-order valence-corrected chi connectivity index (χ1v) is 12.0. The Bertz CT molecular complexity index is 1880. The van der Waals surface area contributed by atoms with Gasteiger partial charge in [0.15, 0.2) is 0 Å². The minimum Gasteiger partial charge on any atom is -0.398 e. The number of hydrogen-bond acceptors (Lipinski definition) is 1. The van der Waals surface area contributed by atoms with Crippen molar-refractivity contribution >= 4 is 48.8 Å². The van der Waals surface area contributed by atoms with Gasteiger partial charge in [-0.05, 0) is 71.9 Å². The molecule has 7 aromatic carbocycles. The number of fused-ring (bicyclic) bond motifs is 7. The topological polar surface area (TPSA) is 26.0 Å². The van der Waals surface area contributed by atoms with Crippen molar-refractivity contribution in [2.24, 2.45) is 0 Å². The number of para-hydroxylation sites is 1. The van der Waals surface area contributed by atoms with Crippen LogP contribution in [-0.4, -0.2) is 0 Å². The van der Waals surface area contributed by atoms with Gasteiger partial charge in [0.05, 0.1) is 0 Å². The van der Waals surface area contributed by atoms with E-state index in [2.05, 4.69) is 109 Å². The Morgan fingerprint density at radius 2 is 0.771 bits per heavy atom. The van der Waals surface area contributed by atoms with Crippen LogP contribution >= 0.6 is 0 Å². The van der Waals surface area contributed by atoms with Crippen molar-refractivity contribution in [1.82, 2.24) is 0 Å². The molecule has 2 N–H and O–H groups in total. The zero-order valence-corrected chi connectivity index (χ0v) is 19.2. The summed E-state index contributed by atoms with van der Waals surface area (Å²) in [5.41, 5.74) is 11.9. The van der Waals surface area contributed by atoms with E-state index in [9.17, 15) is 0 Å². The Hall–Kier alpha value is -4.62. The van der Waals surface area contributed by atoms with Crippen molar-refractivity contribution in [3.05, 3.63) is 127 Å². The molecule has 0 unspecified atom stereocenters. The highest BCUT2D eigenvalue weighted by Crippen LogP contribution is 2.40. The van der Waals surface area contributed by atoms with Crippen LogP contribution in [0.2, 0.25) is 0 Å². The monoisotopic (exact) mass is 445 g/mol. The second-order valence-electron chi connectivity index (χ2n) is 9.15. The molecule has 0 saturated carbocycles. The fourth-order valence-corrected chi connectivity index (χ4v) is 5.60. The summed E-state index contributed by atoms with van der Waals surface area (Å²) < 4.78 is 0. The molecule has 1 nitrogen and oxygen atoms in total. The molecular formula is C34H23N. The molecule has 0 aliphatic carbocycles. The smallest absolute Gasteiger partial charge is 0.0393 e. The molecule has 164 valence electrons. The van der Waals surface area contributed by atoms with Crippen molar-refractivity contribution in [2.45, 2.75) is 0 Å². The number of nitrogen functional groups attached to an aromatic ring is 1. The molecule has 0 bridgehead atoms. The minimum atomic E-state index is 0.800. The van der Waals surface area contributed by atoms with Gasteiger partial charge in [0, 0.05) is 11.3 Å². The Morgan fingerprint density at radius 1 is 0.314 bits per heavy atom. The molecular weight excluding hydrogens is 422 g/mol. The second kappa shape index (κ2) is 7.72. The molecule has 7 aromatic rings. The molecule has 1 heteroatoms. The fourth-order valence-electron chi connectivity index (χ4n) is 5.60. The molecule has 0 spiro atoms. The van der Waals surface area contributed by atoms with Crippen LogP contribution in [-0.2, 0) is 0 Å². The third kappa shape index (κ3) is 3.02. The van der Waals surface area contributed by atoms with E-state index >= 15 is 0 Å². The summed E-state index contributed by atoms with van der Waals surface area (Å²) in [5.74, 6) is 0. The average Bonchev–Trinajstić information content (AvgIpc) is 2.93. The van der Waals surface area contributed by atoms with E-state index in [0.717, 1.165) is 11.3 Å². The first-order valence-electron chi connectivity index (χ1n) is 12.0. The van der Waals surface area contributed by atoms with Crippen LogP contribution in [0.25, 0.3) is 65.3 Å². The highest BCUT2D eigenvalue weighted by Gasteiger charge is 2.13. The van der Waals surface area contributed by atoms with Gasteiger partial charge in [-0.25, -0.2) is 0 Å². The van der Waals surface area contributed by atoms with E-state index < -0.39 is 0 Å². The van der Waals surface area contributed by atoms with Crippen molar-refractivity contribution < 1.29 is 0 Å². The van der Waals surface area contributed by atoms with Crippen LogP contribution in [0.1, 0.15) is 0 Å². The van der Waals surface area contributed by atoms with E-state index in [1.165, 1.54) is 59.8 Å². The molecule has 0 saturated heterocycles. The molecule has 0 amide bonds. The zero-order chi connectivity index (χ0) is 23.4. The van der Waals surface area contributed by atoms with E-state index in [0.29, 0.717) is 0 Å². The van der Waals surface area contributed by atoms with Crippen LogP contribution < -0.4 is 5.73 Å². The third-order valence-electron chi connectivity index (χ3n) is 7.23. The summed E-state index contributed by atoms with van der Waals surface area (Å²) in [6, 6.07) is 45.6. The fraction of sp³-hybridized carbons (Fsp3) is 0. The zero-order valence-electron chi connectivity index (χ0n) is 19.2. The SMILES string of the molecule is Nc1ccccc1-c1ccc(-c2ccc3c4ccccc4c4ccccc4c3c2)c2ccccc12. The summed E-state index contributed by atoms with van der Waals surface area (Å²) in [5, 5.41) is 10.2. The Kier molecular flexibility index (Phi) is 4.37. The number of benzene rings is 7. The van der Waals surface area contributed by atoms with Gasteiger partial charge >= 0.3 is 0 Å². The molecule has 0 aromatic heterocycles. The van der Waals surface area contributed by atoms with Crippen molar-refractivity contribution in [3.63, 3.8) is 0 Å². The highest BCUT2D eigenvalue weighted by atomic mass is 14.6. The highest BCUT2D eigenvalue weighted by molar-refractivity contribution is 6.26. The second-order valence-corrected chi connectivity index (χ2v) is 9.15. The van der Waals surface area contributed by atoms with E-state index in [4.69, 9.17) is 5.73 Å². The number of anilines is 1. The van der Waals surface area contributed by atoms with Gasteiger partial charge in [-0.2, -0.15) is 0 Å². The van der Waals surface area contributed by atoms with Gasteiger partial charge in [0.2, 0.25) is 0 Å². The first-order chi connectivity index (χ1) is 17.3. The summed E-state index contributed by atoms with van der Waals surface area (Å²) in [6.45, 7) is 0. The first kappa shape index (κ1) is 19.8. The van der Waals surface area contributed by atoms with Gasteiger partial charge < -0.3 is 5.73 Å². The van der Waals surface area contributed by atoms with Crippen LogP contribution in [0.5, 0.6) is 0 Å². The van der Waals surface area contributed by atoms with Crippen LogP contribution in [0.4, 0.5) is 5.69 Å². The lowest BCUT2D eigenvalue weighted by atomic mass is 9.89. The van der Waals surface area contributed by atoms with Gasteiger partial charge in [-0.3, -0.25) is 0 Å². The molecule has 0 fully saturated rings. The molecule has 35 heavy (non-hydrogen) atoms. The quantitative estimate of drug-likeness (QED) is 0.208. The maximum absolute atomic E-state index is 6.35. The van der Waals surface area contributed by atoms with E-state index in [1.807, 2.05) is 18.2 Å². The summed E-state index contributed by atoms with van der Waals surface area (Å²) in [4.78, 5) is 0. The molecule has 0 aliphatic heterocycles. The average molecular weight is 446 g/mol. The molecule has 0 atom stereocenters. The largest absolute Gasteiger partial charge is 0.398 e. The van der Waals surface area contributed by atoms with Gasteiger partial charge in [-0.1, -0.05) is 115 Å². The molecule has 0 radical (unpaired) electrons. The standard InChI is InChI=1S/C34H23N/c35-34-16-8-7-15-32(34)30-20-19-23(24-9-1-2-10-25(24)30)22-17-18-31-28-13-4-3-11-26(28)27-12-5-6-14-29(27)33(31)21-22/h1-21H,35H2. The number of hydrogen-bond donors (Lipinski definition) is 1. The molecule has 7 rings (SSSR count). The lowest BCUT2D eigenvalue weighted by Crippen LogP contribution is -1.91. The van der Waals surface area contributed by atoms with Crippen molar-refractivity contribution in [3.8, 4) is 22.3 Å². The van der Waals surface area contributed by atoms with Crippen molar-refractivity contribution in [2.75, 3.05) is 5.73 Å². The van der Waals surface area contributed by atoms with Crippen LogP contribution in [0, 0.1) is 0 Å². The Morgan fingerprint density at radius 3 is 1.40 bits per heavy atom. The Labute approximate surface area is 204 Å². The minimum absolute atomic E-state index is 0.800. The maximum Gasteiger partial charge on any atom is 0.0393 e. The van der Waals surface area contributed by atoms with Crippen molar-refractivity contribution in [1.29, 1.82) is 0 Å². The predicted molar refractivity (Wildman–Crippen MR) is 152 cm³/mol. The van der Waals surface area contributed by atoms with E-state index in [1.54, 1.807) is 0 Å².